The van der Waals surface area contributed by atoms with Gasteiger partial charge < -0.3 is 14.7 Å². The van der Waals surface area contributed by atoms with Gasteiger partial charge in [0.15, 0.2) is 5.12 Å². The number of ether oxygens (including phenoxy) is 2. The van der Waals surface area contributed by atoms with Crippen LogP contribution in [0.4, 0.5) is 0 Å². The van der Waals surface area contributed by atoms with E-state index in [-0.39, 0.29) is 6.10 Å². The quantitative estimate of drug-likeness (QED) is 0.0455. The van der Waals surface area contributed by atoms with Crippen LogP contribution in [0.2, 0.25) is 5.54 Å². The molecule has 1 rings (SSSR count). The Balaban J connectivity index is 1.96. The van der Waals surface area contributed by atoms with Gasteiger partial charge in [0.2, 0.25) is 0 Å². The van der Waals surface area contributed by atoms with Crippen LogP contribution < -0.4 is 0 Å². The Morgan fingerprint density at radius 1 is 0.705 bits per heavy atom. The fraction of sp³-hybridized carbons (Fsp3) is 0.973. The molecule has 2 atom stereocenters. The van der Waals surface area contributed by atoms with E-state index in [1.807, 2.05) is 0 Å². The molecule has 1 aliphatic heterocycles. The summed E-state index contributed by atoms with van der Waals surface area (Å²) in [5, 5.41) is 10.8. The first-order valence-electron chi connectivity index (χ1n) is 19.4. The number of hydroxylamine groups is 1. The molecule has 0 radical (unpaired) electrons. The second-order valence-corrected chi connectivity index (χ2v) is 17.0. The molecular weight excluding hydrogens is 583 g/mol. The van der Waals surface area contributed by atoms with Gasteiger partial charge in [-0.05, 0) is 44.1 Å². The van der Waals surface area contributed by atoms with Crippen molar-refractivity contribution >= 4 is 26.6 Å². The highest BCUT2D eigenvalue weighted by atomic mass is 32.2. The third-order valence-corrected chi connectivity index (χ3v) is 12.4. The van der Waals surface area contributed by atoms with E-state index in [0.717, 1.165) is 70.3 Å². The molecule has 1 N–H and O–H groups in total. The first-order valence-corrected chi connectivity index (χ1v) is 21.9. The molecule has 1 heterocycles. The highest BCUT2D eigenvalue weighted by molar-refractivity contribution is 8.13. The molecule has 0 spiro atoms. The Bertz CT molecular complexity index is 614. The zero-order valence-electron chi connectivity index (χ0n) is 29.5. The lowest BCUT2D eigenvalue weighted by Gasteiger charge is -2.29. The number of unbranched alkanes of at least 4 members (excludes halogenated alkanes) is 20. The lowest BCUT2D eigenvalue weighted by Crippen LogP contribution is -2.34. The van der Waals surface area contributed by atoms with Gasteiger partial charge in [-0.25, -0.2) is 4.73 Å². The van der Waals surface area contributed by atoms with Crippen LogP contribution >= 0.6 is 11.8 Å². The molecule has 1 saturated heterocycles. The average molecular weight is 658 g/mol. The van der Waals surface area contributed by atoms with Crippen LogP contribution in [0.25, 0.3) is 0 Å². The topological polar surface area (TPSA) is 59.0 Å². The van der Waals surface area contributed by atoms with Crippen molar-refractivity contribution in [3.63, 3.8) is 0 Å². The van der Waals surface area contributed by atoms with Crippen LogP contribution in [0.15, 0.2) is 0 Å². The van der Waals surface area contributed by atoms with Gasteiger partial charge >= 0.3 is 0 Å². The van der Waals surface area contributed by atoms with E-state index in [1.165, 1.54) is 128 Å². The molecule has 0 aliphatic carbocycles. The van der Waals surface area contributed by atoms with E-state index in [9.17, 15) is 10.0 Å². The normalized spacial score (nSPS) is 18.5. The van der Waals surface area contributed by atoms with Crippen LogP contribution in [-0.4, -0.2) is 56.5 Å². The minimum Gasteiger partial charge on any atom is -0.355 e. The number of hydrogen-bond acceptors (Lipinski definition) is 6. The number of rotatable bonds is 31. The van der Waals surface area contributed by atoms with Gasteiger partial charge in [-0.3, -0.25) is 4.79 Å². The third kappa shape index (κ3) is 28.3. The Labute approximate surface area is 281 Å². The van der Waals surface area contributed by atoms with E-state index in [0.29, 0.717) is 17.4 Å². The Kier molecular flexibility index (Phi) is 31.6. The van der Waals surface area contributed by atoms with Crippen molar-refractivity contribution < 1.29 is 19.5 Å². The zero-order valence-corrected chi connectivity index (χ0v) is 31.7. The molecule has 7 heteroatoms. The summed E-state index contributed by atoms with van der Waals surface area (Å²) >= 11 is 1.54. The lowest BCUT2D eigenvalue weighted by molar-refractivity contribution is -0.111. The van der Waals surface area contributed by atoms with Gasteiger partial charge in [0.1, 0.15) is 16.5 Å². The summed E-state index contributed by atoms with van der Waals surface area (Å²) in [5.74, 6) is 0.930. The molecule has 0 aromatic carbocycles. The molecule has 1 fully saturated rings. The molecular formula is C37H75NO4SSi. The average Bonchev–Trinajstić information content (AvgIpc) is 3.01. The van der Waals surface area contributed by atoms with Gasteiger partial charge in [0.25, 0.3) is 0 Å². The Morgan fingerprint density at radius 2 is 1.23 bits per heavy atom. The van der Waals surface area contributed by atoms with Gasteiger partial charge in [0.05, 0.1) is 6.10 Å². The number of carbonyl (C=O) groups excluding carboxylic acids is 1. The standard InChI is InChI=1S/C37H75NO4SSi/c1-3-5-7-9-11-13-14-15-16-18-20-22-24-32-41-34-42-35-28-29-36(44-38(40)31-30-35)26-25-33-43-37(39)27-23-21-19-17-12-10-8-6-4-2/h35-36,40H,3-34,44H2,1-2H3. The molecule has 44 heavy (non-hydrogen) atoms. The van der Waals surface area contributed by atoms with Crippen molar-refractivity contribution in [2.24, 2.45) is 0 Å². The van der Waals surface area contributed by atoms with Crippen molar-refractivity contribution in [1.82, 2.24) is 4.73 Å². The van der Waals surface area contributed by atoms with Crippen LogP contribution in [-0.2, 0) is 14.3 Å². The van der Waals surface area contributed by atoms with E-state index in [2.05, 4.69) is 13.8 Å². The highest BCUT2D eigenvalue weighted by Crippen LogP contribution is 2.26. The first kappa shape index (κ1) is 42.1. The highest BCUT2D eigenvalue weighted by Gasteiger charge is 2.22. The maximum Gasteiger partial charge on any atom is 0.188 e. The smallest absolute Gasteiger partial charge is 0.188 e. The second kappa shape index (κ2) is 33.0. The molecule has 0 aromatic rings. The van der Waals surface area contributed by atoms with Crippen molar-refractivity contribution in [1.29, 1.82) is 0 Å². The Hall–Kier alpha value is 0.0769. The van der Waals surface area contributed by atoms with Crippen molar-refractivity contribution in [3.05, 3.63) is 0 Å². The van der Waals surface area contributed by atoms with Crippen molar-refractivity contribution in [3.8, 4) is 0 Å². The molecule has 262 valence electrons. The summed E-state index contributed by atoms with van der Waals surface area (Å²) in [6, 6.07) is 0. The van der Waals surface area contributed by atoms with Gasteiger partial charge in [-0.2, -0.15) is 0 Å². The van der Waals surface area contributed by atoms with Crippen LogP contribution in [0.5, 0.6) is 0 Å². The monoisotopic (exact) mass is 658 g/mol. The Morgan fingerprint density at radius 3 is 1.80 bits per heavy atom. The molecule has 0 saturated carbocycles. The third-order valence-electron chi connectivity index (χ3n) is 9.36. The summed E-state index contributed by atoms with van der Waals surface area (Å²) in [5.41, 5.74) is 0.603. The number of thioether (sulfide) groups is 1. The molecule has 2 unspecified atom stereocenters. The maximum absolute atomic E-state index is 12.3. The fourth-order valence-corrected chi connectivity index (χ4v) is 9.06. The minimum atomic E-state index is -0.650. The molecule has 0 amide bonds. The lowest BCUT2D eigenvalue weighted by atomic mass is 10.0. The van der Waals surface area contributed by atoms with E-state index < -0.39 is 9.68 Å². The van der Waals surface area contributed by atoms with Crippen LogP contribution in [0, 0.1) is 0 Å². The summed E-state index contributed by atoms with van der Waals surface area (Å²) in [4.78, 5) is 12.3. The van der Waals surface area contributed by atoms with Crippen molar-refractivity contribution in [2.75, 3.05) is 25.7 Å². The van der Waals surface area contributed by atoms with Crippen molar-refractivity contribution in [2.45, 2.75) is 205 Å². The molecule has 0 aromatic heterocycles. The first-order chi connectivity index (χ1) is 21.7. The van der Waals surface area contributed by atoms with Gasteiger partial charge in [-0.1, -0.05) is 160 Å². The SMILES string of the molecule is CCCCCCCCCCCCCCCOCOC1CCC(CCCSC(=O)CCCCCCCCCCC)[SiH2]N(O)CC1. The largest absolute Gasteiger partial charge is 0.355 e. The minimum absolute atomic E-state index is 0.181. The van der Waals surface area contributed by atoms with Gasteiger partial charge in [0, 0.05) is 25.3 Å². The van der Waals surface area contributed by atoms with Crippen LogP contribution in [0.1, 0.15) is 194 Å². The predicted molar refractivity (Wildman–Crippen MR) is 195 cm³/mol. The van der Waals surface area contributed by atoms with E-state index in [1.54, 1.807) is 16.5 Å². The van der Waals surface area contributed by atoms with Gasteiger partial charge in [-0.15, -0.1) is 0 Å². The van der Waals surface area contributed by atoms with E-state index in [4.69, 9.17) is 9.47 Å². The zero-order chi connectivity index (χ0) is 31.8. The molecule has 1 aliphatic rings. The second-order valence-electron chi connectivity index (χ2n) is 13.6. The maximum atomic E-state index is 12.3. The number of nitrogens with zero attached hydrogens (tertiary/aromatic N) is 1. The summed E-state index contributed by atoms with van der Waals surface area (Å²) in [7, 11) is -0.650. The van der Waals surface area contributed by atoms with E-state index >= 15 is 0 Å². The summed E-state index contributed by atoms with van der Waals surface area (Å²) in [6.07, 6.45) is 35.7. The number of hydrogen-bond donors (Lipinski definition) is 1. The molecule has 0 bridgehead atoms. The number of carbonyl (C=O) groups is 1. The fourth-order valence-electron chi connectivity index (χ4n) is 6.38. The predicted octanol–water partition coefficient (Wildman–Crippen LogP) is 11.1. The van der Waals surface area contributed by atoms with Crippen LogP contribution in [0.3, 0.4) is 0 Å². The molecule has 5 nitrogen and oxygen atoms in total. The summed E-state index contributed by atoms with van der Waals surface area (Å²) < 4.78 is 13.5. The summed E-state index contributed by atoms with van der Waals surface area (Å²) in [6.45, 7) is 6.45.